The lowest BCUT2D eigenvalue weighted by Gasteiger charge is -2.34. The number of nitrogens with zero attached hydrogens (tertiary/aromatic N) is 4. The van der Waals surface area contributed by atoms with Crippen LogP contribution in [0.4, 0.5) is 0 Å². The monoisotopic (exact) mass is 402 g/mol. The first-order valence-corrected chi connectivity index (χ1v) is 10.6. The third-order valence-electron chi connectivity index (χ3n) is 5.21. The fourth-order valence-corrected chi connectivity index (χ4v) is 4.29. The number of amides is 2. The molecule has 0 unspecified atom stereocenters. The molecule has 0 radical (unpaired) electrons. The Morgan fingerprint density at radius 2 is 1.79 bits per heavy atom. The summed E-state index contributed by atoms with van der Waals surface area (Å²) in [5, 5.41) is 1.17. The third-order valence-corrected chi connectivity index (χ3v) is 6.15. The van der Waals surface area contributed by atoms with Crippen molar-refractivity contribution in [1.29, 1.82) is 0 Å². The first kappa shape index (κ1) is 20.4. The molecule has 0 saturated carbocycles. The predicted molar refractivity (Wildman–Crippen MR) is 111 cm³/mol. The van der Waals surface area contributed by atoms with Crippen LogP contribution in [0.25, 0.3) is 10.9 Å². The molecule has 1 atom stereocenters. The highest BCUT2D eigenvalue weighted by Gasteiger charge is 2.23. The minimum absolute atomic E-state index is 0.00122. The average molecular weight is 403 g/mol. The zero-order chi connectivity index (χ0) is 20.3. The summed E-state index contributed by atoms with van der Waals surface area (Å²) >= 11 is 1.31. The summed E-state index contributed by atoms with van der Waals surface area (Å²) in [6, 6.07) is 7.31. The molecule has 8 heteroatoms. The van der Waals surface area contributed by atoms with Crippen LogP contribution in [0.2, 0.25) is 0 Å². The standard InChI is InChI=1S/C20H26N4O3S/c1-4-14(2)24-19(27)16-7-5-6-8-17(16)21-20(24)28-13-18(26)23-11-9-22(10-12-23)15(3)25/h5-8,14H,4,9-13H2,1-3H3/t14-/m1/s1. The van der Waals surface area contributed by atoms with E-state index in [9.17, 15) is 14.4 Å². The van der Waals surface area contributed by atoms with Crippen LogP contribution in [-0.2, 0) is 9.59 Å². The maximum atomic E-state index is 13.0. The summed E-state index contributed by atoms with van der Waals surface area (Å²) in [6.07, 6.45) is 0.800. The summed E-state index contributed by atoms with van der Waals surface area (Å²) in [4.78, 5) is 45.2. The number of carbonyl (C=O) groups is 2. The van der Waals surface area contributed by atoms with Gasteiger partial charge < -0.3 is 9.80 Å². The second-order valence-corrected chi connectivity index (χ2v) is 7.96. The lowest BCUT2D eigenvalue weighted by molar-refractivity contribution is -0.136. The van der Waals surface area contributed by atoms with Crippen LogP contribution in [0.1, 0.15) is 33.2 Å². The number of para-hydroxylation sites is 1. The Balaban J connectivity index is 1.77. The van der Waals surface area contributed by atoms with E-state index < -0.39 is 0 Å². The molecule has 3 rings (SSSR count). The highest BCUT2D eigenvalue weighted by atomic mass is 32.2. The molecule has 1 saturated heterocycles. The Kier molecular flexibility index (Phi) is 6.39. The fourth-order valence-electron chi connectivity index (χ4n) is 3.29. The molecule has 0 aliphatic carbocycles. The molecule has 0 spiro atoms. The summed E-state index contributed by atoms with van der Waals surface area (Å²) in [5.41, 5.74) is 0.585. The van der Waals surface area contributed by atoms with Crippen molar-refractivity contribution in [2.24, 2.45) is 0 Å². The molecule has 1 aromatic heterocycles. The molecule has 2 aromatic rings. The van der Waals surface area contributed by atoms with Gasteiger partial charge in [-0.25, -0.2) is 4.98 Å². The second kappa shape index (κ2) is 8.77. The quantitative estimate of drug-likeness (QED) is 0.566. The lowest BCUT2D eigenvalue weighted by atomic mass is 10.2. The first-order valence-electron chi connectivity index (χ1n) is 9.59. The van der Waals surface area contributed by atoms with E-state index >= 15 is 0 Å². The van der Waals surface area contributed by atoms with Crippen molar-refractivity contribution < 1.29 is 9.59 Å². The summed E-state index contributed by atoms with van der Waals surface area (Å²) in [7, 11) is 0. The van der Waals surface area contributed by atoms with Crippen molar-refractivity contribution in [2.75, 3.05) is 31.9 Å². The molecule has 1 fully saturated rings. The normalized spacial score (nSPS) is 15.7. The zero-order valence-electron chi connectivity index (χ0n) is 16.6. The number of thioether (sulfide) groups is 1. The van der Waals surface area contributed by atoms with Crippen LogP contribution in [0.3, 0.4) is 0 Å². The van der Waals surface area contributed by atoms with E-state index in [0.29, 0.717) is 42.2 Å². The van der Waals surface area contributed by atoms with Gasteiger partial charge in [-0.1, -0.05) is 30.8 Å². The van der Waals surface area contributed by atoms with Gasteiger partial charge >= 0.3 is 0 Å². The molecule has 2 heterocycles. The van der Waals surface area contributed by atoms with Crippen LogP contribution >= 0.6 is 11.8 Å². The van der Waals surface area contributed by atoms with Gasteiger partial charge in [-0.15, -0.1) is 0 Å². The van der Waals surface area contributed by atoms with E-state index in [1.165, 1.54) is 11.8 Å². The summed E-state index contributed by atoms with van der Waals surface area (Å²) < 4.78 is 1.70. The van der Waals surface area contributed by atoms with E-state index in [0.717, 1.165) is 6.42 Å². The van der Waals surface area contributed by atoms with Gasteiger partial charge in [-0.3, -0.25) is 19.0 Å². The summed E-state index contributed by atoms with van der Waals surface area (Å²) in [5.74, 6) is 0.270. The van der Waals surface area contributed by atoms with Crippen LogP contribution in [0.5, 0.6) is 0 Å². The summed E-state index contributed by atoms with van der Waals surface area (Å²) in [6.45, 7) is 7.79. The van der Waals surface area contributed by atoms with E-state index in [4.69, 9.17) is 0 Å². The Hall–Kier alpha value is -2.35. The molecular weight excluding hydrogens is 376 g/mol. The average Bonchev–Trinajstić information content (AvgIpc) is 2.71. The Labute approximate surface area is 168 Å². The predicted octanol–water partition coefficient (Wildman–Crippen LogP) is 2.15. The molecule has 1 aliphatic heterocycles. The van der Waals surface area contributed by atoms with Crippen molar-refractivity contribution in [3.05, 3.63) is 34.6 Å². The van der Waals surface area contributed by atoms with Gasteiger partial charge in [0.15, 0.2) is 5.16 Å². The van der Waals surface area contributed by atoms with Gasteiger partial charge in [0.2, 0.25) is 11.8 Å². The van der Waals surface area contributed by atoms with E-state index in [-0.39, 0.29) is 29.2 Å². The number of aromatic nitrogens is 2. The van der Waals surface area contributed by atoms with Gasteiger partial charge in [0, 0.05) is 39.1 Å². The number of fused-ring (bicyclic) bond motifs is 1. The fraction of sp³-hybridized carbons (Fsp3) is 0.500. The minimum Gasteiger partial charge on any atom is -0.339 e. The van der Waals surface area contributed by atoms with Crippen LogP contribution < -0.4 is 5.56 Å². The maximum Gasteiger partial charge on any atom is 0.262 e. The van der Waals surface area contributed by atoms with E-state index in [1.54, 1.807) is 27.4 Å². The van der Waals surface area contributed by atoms with Gasteiger partial charge in [-0.2, -0.15) is 0 Å². The number of piperazine rings is 1. The molecule has 28 heavy (non-hydrogen) atoms. The van der Waals surface area contributed by atoms with E-state index in [2.05, 4.69) is 4.98 Å². The molecule has 2 amide bonds. The number of carbonyl (C=O) groups excluding carboxylic acids is 2. The van der Waals surface area contributed by atoms with Crippen molar-refractivity contribution in [3.8, 4) is 0 Å². The van der Waals surface area contributed by atoms with Gasteiger partial charge in [0.1, 0.15) is 0 Å². The Bertz CT molecular complexity index is 935. The lowest BCUT2D eigenvalue weighted by Crippen LogP contribution is -2.50. The van der Waals surface area contributed by atoms with Gasteiger partial charge in [0.25, 0.3) is 5.56 Å². The van der Waals surface area contributed by atoms with Crippen molar-refractivity contribution >= 4 is 34.5 Å². The second-order valence-electron chi connectivity index (χ2n) is 7.02. The van der Waals surface area contributed by atoms with Crippen molar-refractivity contribution in [2.45, 2.75) is 38.4 Å². The van der Waals surface area contributed by atoms with Crippen LogP contribution in [0.15, 0.2) is 34.2 Å². The SMILES string of the molecule is CC[C@@H](C)n1c(SCC(=O)N2CCN(C(C)=O)CC2)nc2ccccc2c1=O. The number of hydrogen-bond acceptors (Lipinski definition) is 5. The molecule has 1 aromatic carbocycles. The zero-order valence-corrected chi connectivity index (χ0v) is 17.4. The van der Waals surface area contributed by atoms with E-state index in [1.807, 2.05) is 32.0 Å². The highest BCUT2D eigenvalue weighted by Crippen LogP contribution is 2.23. The van der Waals surface area contributed by atoms with Gasteiger partial charge in [0.05, 0.1) is 16.7 Å². The van der Waals surface area contributed by atoms with Gasteiger partial charge in [-0.05, 0) is 25.5 Å². The van der Waals surface area contributed by atoms with Crippen LogP contribution in [0, 0.1) is 0 Å². The smallest absolute Gasteiger partial charge is 0.262 e. The molecule has 0 bridgehead atoms. The molecular formula is C20H26N4O3S. The maximum absolute atomic E-state index is 13.0. The molecule has 0 N–H and O–H groups in total. The third kappa shape index (κ3) is 4.22. The number of rotatable bonds is 5. The minimum atomic E-state index is -0.0648. The molecule has 1 aliphatic rings. The van der Waals surface area contributed by atoms with Crippen molar-refractivity contribution in [3.63, 3.8) is 0 Å². The number of benzene rings is 1. The molecule has 150 valence electrons. The van der Waals surface area contributed by atoms with Crippen LogP contribution in [-0.4, -0.2) is 63.1 Å². The van der Waals surface area contributed by atoms with Crippen molar-refractivity contribution in [1.82, 2.24) is 19.4 Å². The Morgan fingerprint density at radius 1 is 1.14 bits per heavy atom. The topological polar surface area (TPSA) is 75.5 Å². The molecule has 7 nitrogen and oxygen atoms in total. The highest BCUT2D eigenvalue weighted by molar-refractivity contribution is 7.99. The Morgan fingerprint density at radius 3 is 2.43 bits per heavy atom. The first-order chi connectivity index (χ1) is 13.4. The number of hydrogen-bond donors (Lipinski definition) is 0. The largest absolute Gasteiger partial charge is 0.339 e.